The van der Waals surface area contributed by atoms with Gasteiger partial charge >= 0.3 is 0 Å². The highest BCUT2D eigenvalue weighted by atomic mass is 15.2. The first-order valence-electron chi connectivity index (χ1n) is 15.0. The van der Waals surface area contributed by atoms with Gasteiger partial charge in [-0.05, 0) is 68.4 Å². The van der Waals surface area contributed by atoms with E-state index in [-0.39, 0.29) is 0 Å². The second-order valence-corrected chi connectivity index (χ2v) is 11.3. The molecule has 2 aliphatic rings. The Hall–Kier alpha value is -4.20. The van der Waals surface area contributed by atoms with Crippen molar-refractivity contribution in [2.75, 3.05) is 18.0 Å². The number of piperidine rings is 1. The molecule has 1 aliphatic carbocycles. The second-order valence-electron chi connectivity index (χ2n) is 11.3. The Balaban J connectivity index is 1.27. The van der Waals surface area contributed by atoms with Crippen LogP contribution in [0.1, 0.15) is 70.4 Å². The lowest BCUT2D eigenvalue weighted by atomic mass is 9.86. The van der Waals surface area contributed by atoms with Crippen molar-refractivity contribution >= 4 is 33.3 Å². The molecule has 0 atom stereocenters. The first-order valence-corrected chi connectivity index (χ1v) is 15.0. The fraction of sp³-hybridized carbons (Fsp3) is 0.394. The number of imidazole rings is 1. The predicted molar refractivity (Wildman–Crippen MR) is 168 cm³/mol. The molecule has 2 fully saturated rings. The van der Waals surface area contributed by atoms with E-state index in [0.29, 0.717) is 0 Å². The average molecular weight is 549 g/mol. The van der Waals surface area contributed by atoms with Crippen LogP contribution in [0.4, 0.5) is 5.82 Å². The van der Waals surface area contributed by atoms with E-state index in [1.54, 1.807) is 0 Å². The molecule has 0 unspecified atom stereocenters. The lowest BCUT2D eigenvalue weighted by Crippen LogP contribution is -2.30. The first kappa shape index (κ1) is 27.0. The zero-order chi connectivity index (χ0) is 28.2. The summed E-state index contributed by atoms with van der Waals surface area (Å²) in [5, 5.41) is 12.2. The van der Waals surface area contributed by atoms with Gasteiger partial charge in [0.1, 0.15) is 11.2 Å². The smallest absolute Gasteiger partial charge is 0.159 e. The van der Waals surface area contributed by atoms with Crippen LogP contribution in [0.3, 0.4) is 0 Å². The fourth-order valence-corrected chi connectivity index (χ4v) is 6.24. The number of fused-ring (bicyclic) bond motifs is 2. The van der Waals surface area contributed by atoms with E-state index in [1.807, 2.05) is 31.5 Å². The van der Waals surface area contributed by atoms with E-state index in [1.165, 1.54) is 51.4 Å². The summed E-state index contributed by atoms with van der Waals surface area (Å²) in [4.78, 5) is 20.3. The Kier molecular flexibility index (Phi) is 7.98. The Morgan fingerprint density at radius 2 is 1.90 bits per heavy atom. The zero-order valence-corrected chi connectivity index (χ0v) is 24.0. The van der Waals surface area contributed by atoms with Gasteiger partial charge in [0.05, 0.1) is 22.9 Å². The summed E-state index contributed by atoms with van der Waals surface area (Å²) >= 11 is 0. The van der Waals surface area contributed by atoms with Gasteiger partial charge in [-0.2, -0.15) is 5.10 Å². The first-order chi connectivity index (χ1) is 20.1. The maximum absolute atomic E-state index is 5.00. The van der Waals surface area contributed by atoms with Crippen LogP contribution < -0.4 is 10.2 Å². The number of hydrogen-bond acceptors (Lipinski definition) is 6. The number of H-pyrrole nitrogens is 2. The van der Waals surface area contributed by atoms with Crippen LogP contribution in [-0.2, 0) is 0 Å². The zero-order valence-electron chi connectivity index (χ0n) is 24.0. The number of pyridine rings is 2. The SMILES string of the molecule is C=C/C(=C\C(=C/C)c1cc2c(-c3nc4c(N5CCCCC5)nccc4[nH]3)n[nH]c2cn1)NC(=C)CC1CCCCC1. The van der Waals surface area contributed by atoms with Crippen LogP contribution in [0.5, 0.6) is 0 Å². The second kappa shape index (κ2) is 12.1. The molecule has 5 heterocycles. The van der Waals surface area contributed by atoms with Crippen LogP contribution >= 0.6 is 0 Å². The quantitative estimate of drug-likeness (QED) is 0.188. The largest absolute Gasteiger partial charge is 0.359 e. The summed E-state index contributed by atoms with van der Waals surface area (Å²) in [6.07, 6.45) is 21.0. The van der Waals surface area contributed by atoms with Gasteiger partial charge in [-0.15, -0.1) is 0 Å². The molecule has 8 nitrogen and oxygen atoms in total. The van der Waals surface area contributed by atoms with Gasteiger partial charge in [-0.1, -0.05) is 51.3 Å². The molecule has 212 valence electrons. The van der Waals surface area contributed by atoms with E-state index in [9.17, 15) is 0 Å². The van der Waals surface area contributed by atoms with Crippen LogP contribution in [0.15, 0.2) is 67.3 Å². The summed E-state index contributed by atoms with van der Waals surface area (Å²) in [5.74, 6) is 2.40. The van der Waals surface area contributed by atoms with Crippen molar-refractivity contribution in [2.24, 2.45) is 5.92 Å². The molecule has 0 aromatic carbocycles. The lowest BCUT2D eigenvalue weighted by molar-refractivity contribution is 0.353. The Bertz CT molecular complexity index is 1610. The molecule has 0 amide bonds. The van der Waals surface area contributed by atoms with E-state index < -0.39 is 0 Å². The monoisotopic (exact) mass is 548 g/mol. The summed E-state index contributed by atoms with van der Waals surface area (Å²) in [5.41, 5.74) is 7.30. The standard InChI is InChI=1S/C33H40N8/c1-4-24(19-25(5-2)36-22(3)18-23-12-8-6-9-13-23)28-20-26-29(21-35-28)39-40-30(26)32-37-27-14-15-34-33(31(27)38-32)41-16-10-7-11-17-41/h4-5,14-15,19-21,23,36H,2-3,6-13,16-18H2,1H3,(H,37,38)(H,39,40)/b24-4+,25-19+. The maximum atomic E-state index is 5.00. The van der Waals surface area contributed by atoms with Crippen molar-refractivity contribution < 1.29 is 0 Å². The molecular weight excluding hydrogens is 508 g/mol. The molecule has 41 heavy (non-hydrogen) atoms. The highest BCUT2D eigenvalue weighted by Gasteiger charge is 2.20. The van der Waals surface area contributed by atoms with Gasteiger partial charge in [0, 0.05) is 36.1 Å². The van der Waals surface area contributed by atoms with E-state index >= 15 is 0 Å². The third-order valence-corrected chi connectivity index (χ3v) is 8.43. The number of nitrogens with zero attached hydrogens (tertiary/aromatic N) is 5. The van der Waals surface area contributed by atoms with Gasteiger partial charge < -0.3 is 15.2 Å². The minimum absolute atomic E-state index is 0.722. The third kappa shape index (κ3) is 5.82. The normalized spacial score (nSPS) is 17.3. The highest BCUT2D eigenvalue weighted by molar-refractivity contribution is 5.96. The molecule has 3 N–H and O–H groups in total. The summed E-state index contributed by atoms with van der Waals surface area (Å²) in [6.45, 7) is 12.4. The summed E-state index contributed by atoms with van der Waals surface area (Å²) in [7, 11) is 0. The molecule has 0 bridgehead atoms. The molecule has 4 aromatic heterocycles. The number of allylic oxidation sites excluding steroid dienone is 5. The summed E-state index contributed by atoms with van der Waals surface area (Å²) < 4.78 is 0. The van der Waals surface area contributed by atoms with Gasteiger partial charge in [0.2, 0.25) is 0 Å². The Morgan fingerprint density at radius 3 is 2.68 bits per heavy atom. The van der Waals surface area contributed by atoms with Crippen molar-refractivity contribution in [3.63, 3.8) is 0 Å². The van der Waals surface area contributed by atoms with Crippen molar-refractivity contribution in [3.05, 3.63) is 73.0 Å². The molecule has 1 aliphatic heterocycles. The van der Waals surface area contributed by atoms with Gasteiger partial charge in [-0.3, -0.25) is 10.1 Å². The van der Waals surface area contributed by atoms with Crippen LogP contribution in [-0.4, -0.2) is 43.2 Å². The minimum Gasteiger partial charge on any atom is -0.359 e. The van der Waals surface area contributed by atoms with Gasteiger partial charge in [-0.25, -0.2) is 9.97 Å². The number of rotatable bonds is 9. The third-order valence-electron chi connectivity index (χ3n) is 8.43. The van der Waals surface area contributed by atoms with Crippen molar-refractivity contribution in [3.8, 4) is 11.5 Å². The molecule has 1 saturated heterocycles. The molecule has 0 spiro atoms. The van der Waals surface area contributed by atoms with Gasteiger partial charge in [0.15, 0.2) is 11.6 Å². The Labute approximate surface area is 241 Å². The molecular formula is C33H40N8. The Morgan fingerprint density at radius 1 is 1.10 bits per heavy atom. The fourth-order valence-electron chi connectivity index (χ4n) is 6.24. The van der Waals surface area contributed by atoms with E-state index in [0.717, 1.165) is 87.4 Å². The molecule has 8 heteroatoms. The van der Waals surface area contributed by atoms with Crippen molar-refractivity contribution in [1.82, 2.24) is 35.5 Å². The summed E-state index contributed by atoms with van der Waals surface area (Å²) in [6, 6.07) is 4.06. The average Bonchev–Trinajstić information content (AvgIpc) is 3.64. The highest BCUT2D eigenvalue weighted by Crippen LogP contribution is 2.32. The number of aromatic nitrogens is 6. The van der Waals surface area contributed by atoms with Crippen LogP contribution in [0.25, 0.3) is 39.0 Å². The van der Waals surface area contributed by atoms with E-state index in [4.69, 9.17) is 15.0 Å². The lowest BCUT2D eigenvalue weighted by Gasteiger charge is -2.27. The van der Waals surface area contributed by atoms with E-state index in [2.05, 4.69) is 56.8 Å². The molecule has 1 saturated carbocycles. The van der Waals surface area contributed by atoms with Crippen LogP contribution in [0.2, 0.25) is 0 Å². The number of anilines is 1. The van der Waals surface area contributed by atoms with Gasteiger partial charge in [0.25, 0.3) is 0 Å². The minimum atomic E-state index is 0.722. The van der Waals surface area contributed by atoms with Crippen LogP contribution in [0, 0.1) is 5.92 Å². The topological polar surface area (TPSA) is 98.4 Å². The molecule has 6 rings (SSSR count). The predicted octanol–water partition coefficient (Wildman–Crippen LogP) is 7.43. The number of nitrogens with one attached hydrogen (secondary N) is 3. The van der Waals surface area contributed by atoms with Crippen molar-refractivity contribution in [2.45, 2.75) is 64.7 Å². The molecule has 4 aromatic rings. The number of aromatic amines is 2. The number of hydrogen-bond donors (Lipinski definition) is 3. The van der Waals surface area contributed by atoms with Crippen molar-refractivity contribution in [1.29, 1.82) is 0 Å². The maximum Gasteiger partial charge on any atom is 0.159 e. The molecule has 0 radical (unpaired) electrons.